The topological polar surface area (TPSA) is 59.1 Å². The number of nitrogens with zero attached hydrogens (tertiary/aromatic N) is 1. The first-order chi connectivity index (χ1) is 12.6. The van der Waals surface area contributed by atoms with Crippen molar-refractivity contribution in [3.05, 3.63) is 87.9 Å². The highest BCUT2D eigenvalue weighted by atomic mass is 32.2. The largest absolute Gasteiger partial charge is 0.248 e. The van der Waals surface area contributed by atoms with Gasteiger partial charge in [0.25, 0.3) is 0 Å². The van der Waals surface area contributed by atoms with E-state index in [4.69, 9.17) is 0 Å². The van der Waals surface area contributed by atoms with Crippen LogP contribution in [0.5, 0.6) is 0 Å². The molecule has 1 N–H and O–H groups in total. The second-order valence-corrected chi connectivity index (χ2v) is 9.24. The molecule has 26 heavy (non-hydrogen) atoms. The van der Waals surface area contributed by atoms with Gasteiger partial charge in [-0.15, -0.1) is 11.3 Å². The Labute approximate surface area is 159 Å². The van der Waals surface area contributed by atoms with Crippen molar-refractivity contribution in [2.45, 2.75) is 25.8 Å². The van der Waals surface area contributed by atoms with Crippen LogP contribution in [0.2, 0.25) is 0 Å². The quantitative estimate of drug-likeness (QED) is 0.609. The summed E-state index contributed by atoms with van der Waals surface area (Å²) in [6, 6.07) is 20.1. The number of aryl methyl sites for hydroxylation is 1. The van der Waals surface area contributed by atoms with Crippen LogP contribution in [-0.4, -0.2) is 19.2 Å². The van der Waals surface area contributed by atoms with Gasteiger partial charge >= 0.3 is 0 Å². The van der Waals surface area contributed by atoms with Crippen LogP contribution in [0.25, 0.3) is 0 Å². The Morgan fingerprint density at radius 1 is 0.923 bits per heavy atom. The SMILES string of the molecule is O=S(=O)(CCCc1ccccc1)NCc1ncc(Cc2ccccc2)s1. The number of benzene rings is 2. The molecule has 0 unspecified atom stereocenters. The van der Waals surface area contributed by atoms with Crippen molar-refractivity contribution in [1.82, 2.24) is 9.71 Å². The van der Waals surface area contributed by atoms with E-state index in [1.165, 1.54) is 5.56 Å². The zero-order chi connectivity index (χ0) is 18.2. The molecule has 0 saturated heterocycles. The average molecular weight is 387 g/mol. The lowest BCUT2D eigenvalue weighted by molar-refractivity contribution is 0.578. The predicted molar refractivity (Wildman–Crippen MR) is 107 cm³/mol. The van der Waals surface area contributed by atoms with Gasteiger partial charge in [0.2, 0.25) is 10.0 Å². The molecule has 0 fully saturated rings. The molecule has 0 atom stereocenters. The van der Waals surface area contributed by atoms with Crippen LogP contribution in [0.4, 0.5) is 0 Å². The first-order valence-electron chi connectivity index (χ1n) is 8.59. The molecule has 3 aromatic rings. The summed E-state index contributed by atoms with van der Waals surface area (Å²) in [6.07, 6.45) is 4.02. The molecule has 0 spiro atoms. The maximum Gasteiger partial charge on any atom is 0.211 e. The molecule has 0 amide bonds. The standard InChI is InChI=1S/C20H22N2O2S2/c23-26(24,13-7-12-17-8-3-1-4-9-17)22-16-20-21-15-19(25-20)14-18-10-5-2-6-11-18/h1-6,8-11,15,22H,7,12-14,16H2. The normalized spacial score (nSPS) is 11.5. The van der Waals surface area contributed by atoms with Gasteiger partial charge in [0.15, 0.2) is 0 Å². The summed E-state index contributed by atoms with van der Waals surface area (Å²) >= 11 is 1.55. The van der Waals surface area contributed by atoms with Gasteiger partial charge in [0.1, 0.15) is 5.01 Å². The number of rotatable bonds is 9. The van der Waals surface area contributed by atoms with Crippen LogP contribution >= 0.6 is 11.3 Å². The summed E-state index contributed by atoms with van der Waals surface area (Å²) in [5, 5.41) is 0.794. The molecule has 136 valence electrons. The highest BCUT2D eigenvalue weighted by Crippen LogP contribution is 2.17. The number of hydrogen-bond acceptors (Lipinski definition) is 4. The predicted octanol–water partition coefficient (Wildman–Crippen LogP) is 3.79. The first-order valence-corrected chi connectivity index (χ1v) is 11.1. The number of sulfonamides is 1. The Hall–Kier alpha value is -2.02. The molecule has 3 rings (SSSR count). The molecule has 2 aromatic carbocycles. The molecule has 0 aliphatic rings. The van der Waals surface area contributed by atoms with Crippen LogP contribution < -0.4 is 4.72 Å². The van der Waals surface area contributed by atoms with E-state index in [2.05, 4.69) is 21.8 Å². The minimum absolute atomic E-state index is 0.129. The van der Waals surface area contributed by atoms with E-state index in [1.807, 2.05) is 54.7 Å². The molecular formula is C20H22N2O2S2. The first kappa shape index (κ1) is 18.8. The lowest BCUT2D eigenvalue weighted by atomic mass is 10.1. The van der Waals surface area contributed by atoms with Crippen molar-refractivity contribution >= 4 is 21.4 Å². The number of nitrogens with one attached hydrogen (secondary N) is 1. The summed E-state index contributed by atoms with van der Waals surface area (Å²) in [7, 11) is -3.28. The van der Waals surface area contributed by atoms with Gasteiger partial charge in [-0.2, -0.15) is 0 Å². The van der Waals surface area contributed by atoms with Gasteiger partial charge < -0.3 is 0 Å². The fourth-order valence-electron chi connectivity index (χ4n) is 2.66. The molecule has 0 radical (unpaired) electrons. The molecule has 0 aliphatic heterocycles. The van der Waals surface area contributed by atoms with E-state index in [1.54, 1.807) is 11.3 Å². The minimum Gasteiger partial charge on any atom is -0.248 e. The lowest BCUT2D eigenvalue weighted by Crippen LogP contribution is -2.26. The van der Waals surface area contributed by atoms with E-state index in [9.17, 15) is 8.42 Å². The molecule has 0 bridgehead atoms. The molecule has 0 aliphatic carbocycles. The van der Waals surface area contributed by atoms with Crippen LogP contribution in [0.15, 0.2) is 66.9 Å². The van der Waals surface area contributed by atoms with Crippen molar-refractivity contribution in [2.75, 3.05) is 5.75 Å². The minimum atomic E-state index is -3.28. The Bertz CT molecular complexity index is 907. The van der Waals surface area contributed by atoms with Crippen LogP contribution in [0, 0.1) is 0 Å². The van der Waals surface area contributed by atoms with E-state index < -0.39 is 10.0 Å². The maximum atomic E-state index is 12.2. The summed E-state index contributed by atoms with van der Waals surface area (Å²) in [4.78, 5) is 5.47. The van der Waals surface area contributed by atoms with Crippen molar-refractivity contribution in [1.29, 1.82) is 0 Å². The number of hydrogen-bond donors (Lipinski definition) is 1. The maximum absolute atomic E-state index is 12.2. The van der Waals surface area contributed by atoms with E-state index in [0.29, 0.717) is 6.42 Å². The van der Waals surface area contributed by atoms with Crippen LogP contribution in [0.1, 0.15) is 27.4 Å². The third-order valence-corrected chi connectivity index (χ3v) is 6.39. The molecule has 4 nitrogen and oxygen atoms in total. The third kappa shape index (κ3) is 6.05. The lowest BCUT2D eigenvalue weighted by Gasteiger charge is -2.05. The fraction of sp³-hybridized carbons (Fsp3) is 0.250. The Morgan fingerprint density at radius 3 is 2.27 bits per heavy atom. The molecule has 0 saturated carbocycles. The average Bonchev–Trinajstić information content (AvgIpc) is 3.09. The molecule has 1 heterocycles. The second kappa shape index (κ2) is 9.07. The monoisotopic (exact) mass is 386 g/mol. The van der Waals surface area contributed by atoms with Gasteiger partial charge in [-0.3, -0.25) is 0 Å². The second-order valence-electron chi connectivity index (χ2n) is 6.11. The van der Waals surface area contributed by atoms with Gasteiger partial charge in [-0.05, 0) is 24.0 Å². The van der Waals surface area contributed by atoms with Gasteiger partial charge in [-0.1, -0.05) is 60.7 Å². The number of aromatic nitrogens is 1. The molecule has 6 heteroatoms. The highest BCUT2D eigenvalue weighted by Gasteiger charge is 2.11. The van der Waals surface area contributed by atoms with Crippen molar-refractivity contribution < 1.29 is 8.42 Å². The Kier molecular flexibility index (Phi) is 6.55. The van der Waals surface area contributed by atoms with Crippen LogP contribution in [0.3, 0.4) is 0 Å². The van der Waals surface area contributed by atoms with E-state index in [-0.39, 0.29) is 12.3 Å². The van der Waals surface area contributed by atoms with E-state index >= 15 is 0 Å². The fourth-order valence-corrected chi connectivity index (χ4v) is 4.68. The number of thiazole rings is 1. The summed E-state index contributed by atoms with van der Waals surface area (Å²) < 4.78 is 27.0. The van der Waals surface area contributed by atoms with Gasteiger partial charge in [-0.25, -0.2) is 18.1 Å². The Balaban J connectivity index is 1.45. The summed E-state index contributed by atoms with van der Waals surface area (Å²) in [6.45, 7) is 0.257. The zero-order valence-electron chi connectivity index (χ0n) is 14.5. The van der Waals surface area contributed by atoms with Crippen molar-refractivity contribution in [2.24, 2.45) is 0 Å². The third-order valence-electron chi connectivity index (χ3n) is 3.99. The Morgan fingerprint density at radius 2 is 1.58 bits per heavy atom. The molecule has 1 aromatic heterocycles. The highest BCUT2D eigenvalue weighted by molar-refractivity contribution is 7.89. The summed E-state index contributed by atoms with van der Waals surface area (Å²) in [5.74, 6) is 0.129. The zero-order valence-corrected chi connectivity index (χ0v) is 16.1. The van der Waals surface area contributed by atoms with Gasteiger partial charge in [0, 0.05) is 17.5 Å². The summed E-state index contributed by atoms with van der Waals surface area (Å²) in [5.41, 5.74) is 2.39. The van der Waals surface area contributed by atoms with Crippen LogP contribution in [-0.2, 0) is 29.4 Å². The smallest absolute Gasteiger partial charge is 0.211 e. The van der Waals surface area contributed by atoms with Crippen molar-refractivity contribution in [3.63, 3.8) is 0 Å². The van der Waals surface area contributed by atoms with E-state index in [0.717, 1.165) is 28.3 Å². The van der Waals surface area contributed by atoms with Crippen molar-refractivity contribution in [3.8, 4) is 0 Å². The van der Waals surface area contributed by atoms with Gasteiger partial charge in [0.05, 0.1) is 12.3 Å². The molecular weight excluding hydrogens is 364 g/mol.